The molecule has 0 fully saturated rings. The molecule has 1 nitrogen and oxygen atoms in total. The Morgan fingerprint density at radius 2 is 2.11 bits per heavy atom. The van der Waals surface area contributed by atoms with Gasteiger partial charge in [-0.05, 0) is 66.0 Å². The van der Waals surface area contributed by atoms with Crippen LogP contribution in [-0.4, -0.2) is 6.04 Å². The van der Waals surface area contributed by atoms with E-state index in [1.54, 1.807) is 0 Å². The summed E-state index contributed by atoms with van der Waals surface area (Å²) in [5, 5.41) is 4.30. The molecule has 0 aliphatic carbocycles. The molecule has 0 radical (unpaired) electrons. The lowest BCUT2D eigenvalue weighted by Gasteiger charge is -2.13. The average molecular weight is 359 g/mol. The first-order valence-corrected chi connectivity index (χ1v) is 8.26. The molecule has 0 amide bonds. The number of hydrogen-bond donors (Lipinski definition) is 1. The van der Waals surface area contributed by atoms with Crippen molar-refractivity contribution in [2.24, 2.45) is 0 Å². The summed E-state index contributed by atoms with van der Waals surface area (Å²) in [5.74, 6) is 0. The van der Waals surface area contributed by atoms with Gasteiger partial charge in [-0.2, -0.15) is 0 Å². The second kappa shape index (κ2) is 6.89. The smallest absolute Gasteiger partial charge is 0.0551 e. The molecule has 102 valence electrons. The Morgan fingerprint density at radius 3 is 2.74 bits per heavy atom. The lowest BCUT2D eigenvalue weighted by molar-refractivity contribution is 0.548. The van der Waals surface area contributed by atoms with E-state index in [4.69, 9.17) is 11.6 Å². The van der Waals surface area contributed by atoms with Crippen LogP contribution in [0.1, 0.15) is 22.2 Å². The van der Waals surface area contributed by atoms with E-state index >= 15 is 0 Å². The molecule has 2 aromatic rings. The van der Waals surface area contributed by atoms with Crippen LogP contribution in [0.4, 0.5) is 0 Å². The third-order valence-electron chi connectivity index (χ3n) is 2.94. The Kier molecular flexibility index (Phi) is 5.46. The van der Waals surface area contributed by atoms with Crippen molar-refractivity contribution in [2.75, 3.05) is 0 Å². The SMILES string of the molecule is Cc1ccc(CC(C)NCc2ccc(Br)c(Cl)c2)s1. The molecule has 0 aliphatic heterocycles. The van der Waals surface area contributed by atoms with Crippen molar-refractivity contribution >= 4 is 38.9 Å². The average Bonchev–Trinajstić information content (AvgIpc) is 2.76. The topological polar surface area (TPSA) is 12.0 Å². The minimum atomic E-state index is 0.459. The van der Waals surface area contributed by atoms with E-state index in [9.17, 15) is 0 Å². The third kappa shape index (κ3) is 4.60. The minimum Gasteiger partial charge on any atom is -0.310 e. The summed E-state index contributed by atoms with van der Waals surface area (Å²) in [6.45, 7) is 5.21. The number of aryl methyl sites for hydroxylation is 1. The molecule has 1 unspecified atom stereocenters. The van der Waals surface area contributed by atoms with Gasteiger partial charge in [-0.25, -0.2) is 0 Å². The van der Waals surface area contributed by atoms with Crippen LogP contribution in [0.2, 0.25) is 5.02 Å². The van der Waals surface area contributed by atoms with Crippen LogP contribution in [-0.2, 0) is 13.0 Å². The molecule has 1 atom stereocenters. The fraction of sp³-hybridized carbons (Fsp3) is 0.333. The molecule has 19 heavy (non-hydrogen) atoms. The number of hydrogen-bond acceptors (Lipinski definition) is 2. The lowest BCUT2D eigenvalue weighted by Crippen LogP contribution is -2.27. The fourth-order valence-electron chi connectivity index (χ4n) is 1.91. The van der Waals surface area contributed by atoms with E-state index in [2.05, 4.69) is 53.3 Å². The van der Waals surface area contributed by atoms with E-state index in [1.807, 2.05) is 23.5 Å². The van der Waals surface area contributed by atoms with Crippen molar-refractivity contribution in [3.63, 3.8) is 0 Å². The van der Waals surface area contributed by atoms with E-state index < -0.39 is 0 Å². The normalized spacial score (nSPS) is 12.6. The zero-order valence-electron chi connectivity index (χ0n) is 11.0. The van der Waals surface area contributed by atoms with Gasteiger partial charge in [0.2, 0.25) is 0 Å². The van der Waals surface area contributed by atoms with Crippen molar-refractivity contribution in [1.29, 1.82) is 0 Å². The maximum absolute atomic E-state index is 6.09. The summed E-state index contributed by atoms with van der Waals surface area (Å²) >= 11 is 11.4. The van der Waals surface area contributed by atoms with Gasteiger partial charge in [0.05, 0.1) is 5.02 Å². The van der Waals surface area contributed by atoms with E-state index in [1.165, 1.54) is 15.3 Å². The van der Waals surface area contributed by atoms with E-state index in [0.29, 0.717) is 6.04 Å². The van der Waals surface area contributed by atoms with Crippen molar-refractivity contribution < 1.29 is 0 Å². The van der Waals surface area contributed by atoms with Crippen molar-refractivity contribution in [3.8, 4) is 0 Å². The molecule has 1 N–H and O–H groups in total. The molecule has 0 bridgehead atoms. The minimum absolute atomic E-state index is 0.459. The molecular formula is C15H17BrClNS. The van der Waals surface area contributed by atoms with Crippen LogP contribution in [0, 0.1) is 6.92 Å². The molecule has 0 aliphatic rings. The van der Waals surface area contributed by atoms with Gasteiger partial charge in [-0.1, -0.05) is 17.7 Å². The van der Waals surface area contributed by atoms with Crippen molar-refractivity contribution in [1.82, 2.24) is 5.32 Å². The van der Waals surface area contributed by atoms with Crippen LogP contribution >= 0.6 is 38.9 Å². The highest BCUT2D eigenvalue weighted by atomic mass is 79.9. The fourth-order valence-corrected chi connectivity index (χ4v) is 3.38. The first kappa shape index (κ1) is 15.0. The van der Waals surface area contributed by atoms with Gasteiger partial charge in [-0.3, -0.25) is 0 Å². The van der Waals surface area contributed by atoms with Crippen LogP contribution < -0.4 is 5.32 Å². The maximum Gasteiger partial charge on any atom is 0.0551 e. The first-order valence-electron chi connectivity index (χ1n) is 6.27. The number of halogens is 2. The van der Waals surface area contributed by atoms with E-state index in [0.717, 1.165) is 22.5 Å². The quantitative estimate of drug-likeness (QED) is 0.775. The zero-order valence-corrected chi connectivity index (χ0v) is 14.2. The van der Waals surface area contributed by atoms with Crippen LogP contribution in [0.25, 0.3) is 0 Å². The molecule has 1 heterocycles. The Labute approximate surface area is 132 Å². The maximum atomic E-state index is 6.09. The molecule has 0 saturated carbocycles. The summed E-state index contributed by atoms with van der Waals surface area (Å²) in [5.41, 5.74) is 1.21. The van der Waals surface area contributed by atoms with Gasteiger partial charge < -0.3 is 5.32 Å². The summed E-state index contributed by atoms with van der Waals surface area (Å²) in [6, 6.07) is 10.9. The predicted octanol–water partition coefficient (Wildman–Crippen LogP) is 5.19. The van der Waals surface area contributed by atoms with Gasteiger partial charge in [-0.15, -0.1) is 11.3 Å². The van der Waals surface area contributed by atoms with Gasteiger partial charge in [0, 0.05) is 26.8 Å². The largest absolute Gasteiger partial charge is 0.310 e. The van der Waals surface area contributed by atoms with E-state index in [-0.39, 0.29) is 0 Å². The molecular weight excluding hydrogens is 342 g/mol. The first-order chi connectivity index (χ1) is 9.04. The molecule has 2 rings (SSSR count). The molecule has 4 heteroatoms. The van der Waals surface area contributed by atoms with Crippen LogP contribution in [0.3, 0.4) is 0 Å². The number of thiophene rings is 1. The second-order valence-electron chi connectivity index (χ2n) is 4.75. The molecule has 1 aromatic carbocycles. The van der Waals surface area contributed by atoms with Gasteiger partial charge >= 0.3 is 0 Å². The Hall–Kier alpha value is -0.350. The van der Waals surface area contributed by atoms with Gasteiger partial charge in [0.1, 0.15) is 0 Å². The molecule has 1 aromatic heterocycles. The zero-order chi connectivity index (χ0) is 13.8. The highest BCUT2D eigenvalue weighted by Crippen LogP contribution is 2.23. The summed E-state index contributed by atoms with van der Waals surface area (Å²) in [4.78, 5) is 2.81. The lowest BCUT2D eigenvalue weighted by atomic mass is 10.1. The summed E-state index contributed by atoms with van der Waals surface area (Å²) in [6.07, 6.45) is 1.07. The molecule has 0 spiro atoms. The molecule has 0 saturated heterocycles. The van der Waals surface area contributed by atoms with Gasteiger partial charge in [0.25, 0.3) is 0 Å². The second-order valence-corrected chi connectivity index (χ2v) is 7.38. The number of nitrogens with one attached hydrogen (secondary N) is 1. The summed E-state index contributed by atoms with van der Waals surface area (Å²) < 4.78 is 0.944. The standard InChI is InChI=1S/C15H17BrClNS/c1-10(7-13-5-3-11(2)19-13)18-9-12-4-6-14(16)15(17)8-12/h3-6,8,10,18H,7,9H2,1-2H3. The van der Waals surface area contributed by atoms with Gasteiger partial charge in [0.15, 0.2) is 0 Å². The third-order valence-corrected chi connectivity index (χ3v) is 5.20. The summed E-state index contributed by atoms with van der Waals surface area (Å²) in [7, 11) is 0. The van der Waals surface area contributed by atoms with Crippen LogP contribution in [0.15, 0.2) is 34.8 Å². The monoisotopic (exact) mass is 357 g/mol. The number of benzene rings is 1. The predicted molar refractivity (Wildman–Crippen MR) is 88.2 cm³/mol. The number of rotatable bonds is 5. The highest BCUT2D eigenvalue weighted by molar-refractivity contribution is 9.10. The highest BCUT2D eigenvalue weighted by Gasteiger charge is 2.06. The Bertz CT molecular complexity index is 553. The Morgan fingerprint density at radius 1 is 1.32 bits per heavy atom. The van der Waals surface area contributed by atoms with Crippen LogP contribution in [0.5, 0.6) is 0 Å². The van der Waals surface area contributed by atoms with Crippen molar-refractivity contribution in [2.45, 2.75) is 32.9 Å². The van der Waals surface area contributed by atoms with Crippen molar-refractivity contribution in [3.05, 3.63) is 55.1 Å². The Balaban J connectivity index is 1.86.